The van der Waals surface area contributed by atoms with Gasteiger partial charge in [-0.25, -0.2) is 0 Å². The normalized spacial score (nSPS) is 21.0. The minimum atomic E-state index is 0.346. The zero-order chi connectivity index (χ0) is 23.6. The number of hydrogen-bond donors (Lipinski definition) is 0. The molecule has 0 saturated carbocycles. The lowest BCUT2D eigenvalue weighted by Crippen LogP contribution is -2.40. The number of benzene rings is 2. The Balaban J connectivity index is 2.19. The summed E-state index contributed by atoms with van der Waals surface area (Å²) < 4.78 is 0. The SMILES string of the molecule is CCCCC1C(CCCC)N(c2c(C)cc(C)cc2C)C(C)N1c1c(C)cc(C)cc1C. The summed E-state index contributed by atoms with van der Waals surface area (Å²) in [6.45, 7) is 20.8. The summed E-state index contributed by atoms with van der Waals surface area (Å²) in [5.74, 6) is 0. The van der Waals surface area contributed by atoms with Gasteiger partial charge in [0, 0.05) is 11.4 Å². The van der Waals surface area contributed by atoms with Crippen molar-refractivity contribution in [3.63, 3.8) is 0 Å². The summed E-state index contributed by atoms with van der Waals surface area (Å²) in [6, 6.07) is 10.6. The number of rotatable bonds is 8. The topological polar surface area (TPSA) is 6.48 Å². The van der Waals surface area contributed by atoms with E-state index in [9.17, 15) is 0 Å². The predicted molar refractivity (Wildman–Crippen MR) is 142 cm³/mol. The van der Waals surface area contributed by atoms with Gasteiger partial charge < -0.3 is 9.80 Å². The van der Waals surface area contributed by atoms with Crippen molar-refractivity contribution < 1.29 is 0 Å². The minimum Gasteiger partial charge on any atom is -0.346 e. The Hall–Kier alpha value is -1.96. The lowest BCUT2D eigenvalue weighted by Gasteiger charge is -2.35. The molecule has 2 nitrogen and oxygen atoms in total. The Morgan fingerprint density at radius 1 is 0.594 bits per heavy atom. The molecule has 1 saturated heterocycles. The van der Waals surface area contributed by atoms with Crippen LogP contribution < -0.4 is 9.80 Å². The van der Waals surface area contributed by atoms with Crippen molar-refractivity contribution in [3.8, 4) is 0 Å². The quantitative estimate of drug-likeness (QED) is 0.412. The van der Waals surface area contributed by atoms with E-state index in [1.807, 2.05) is 0 Å². The zero-order valence-corrected chi connectivity index (χ0v) is 22.2. The molecule has 0 aromatic heterocycles. The Morgan fingerprint density at radius 2 is 0.906 bits per heavy atom. The molecule has 2 unspecified atom stereocenters. The number of anilines is 2. The van der Waals surface area contributed by atoms with Crippen molar-refractivity contribution in [1.29, 1.82) is 0 Å². The van der Waals surface area contributed by atoms with Crippen molar-refractivity contribution in [1.82, 2.24) is 0 Å². The van der Waals surface area contributed by atoms with E-state index >= 15 is 0 Å². The highest BCUT2D eigenvalue weighted by Gasteiger charge is 2.45. The van der Waals surface area contributed by atoms with Gasteiger partial charge in [-0.1, -0.05) is 74.9 Å². The molecule has 2 aromatic rings. The zero-order valence-electron chi connectivity index (χ0n) is 22.2. The summed E-state index contributed by atoms with van der Waals surface area (Å²) in [6.07, 6.45) is 7.98. The van der Waals surface area contributed by atoms with Gasteiger partial charge in [0.05, 0.1) is 18.2 Å². The van der Waals surface area contributed by atoms with E-state index in [1.54, 1.807) is 0 Å². The molecule has 2 aromatic carbocycles. The van der Waals surface area contributed by atoms with Crippen LogP contribution in [0.4, 0.5) is 11.4 Å². The van der Waals surface area contributed by atoms with Crippen LogP contribution in [0.1, 0.15) is 92.7 Å². The van der Waals surface area contributed by atoms with Crippen LogP contribution in [0.25, 0.3) is 0 Å². The van der Waals surface area contributed by atoms with Gasteiger partial charge in [-0.05, 0) is 83.6 Å². The third kappa shape index (κ3) is 4.70. The molecule has 1 aliphatic rings. The van der Waals surface area contributed by atoms with Crippen molar-refractivity contribution in [2.24, 2.45) is 0 Å². The second-order valence-corrected chi connectivity index (χ2v) is 10.4. The average Bonchev–Trinajstić information content (AvgIpc) is 2.95. The molecule has 3 rings (SSSR count). The van der Waals surface area contributed by atoms with E-state index in [0.29, 0.717) is 18.2 Å². The molecule has 1 aliphatic heterocycles. The molecule has 0 bridgehead atoms. The summed E-state index contributed by atoms with van der Waals surface area (Å²) >= 11 is 0. The van der Waals surface area contributed by atoms with Crippen LogP contribution in [0.15, 0.2) is 24.3 Å². The molecular formula is C30H46N2. The van der Waals surface area contributed by atoms with Crippen molar-refractivity contribution in [2.75, 3.05) is 9.80 Å². The number of hydrogen-bond acceptors (Lipinski definition) is 2. The highest BCUT2D eigenvalue weighted by molar-refractivity contribution is 5.69. The molecule has 0 N–H and O–H groups in total. The monoisotopic (exact) mass is 434 g/mol. The second kappa shape index (κ2) is 10.3. The molecule has 176 valence electrons. The minimum absolute atomic E-state index is 0.346. The van der Waals surface area contributed by atoms with Crippen molar-refractivity contribution in [2.45, 2.75) is 119 Å². The van der Waals surface area contributed by atoms with Gasteiger partial charge in [0.15, 0.2) is 0 Å². The molecule has 1 heterocycles. The average molecular weight is 435 g/mol. The summed E-state index contributed by atoms with van der Waals surface area (Å²) in [5.41, 5.74) is 11.4. The fourth-order valence-corrected chi connectivity index (χ4v) is 6.41. The lowest BCUT2D eigenvalue weighted by molar-refractivity contribution is 0.472. The fraction of sp³-hybridized carbons (Fsp3) is 0.600. The van der Waals surface area contributed by atoms with E-state index < -0.39 is 0 Å². The largest absolute Gasteiger partial charge is 0.346 e. The molecule has 2 atom stereocenters. The highest BCUT2D eigenvalue weighted by atomic mass is 15.5. The maximum Gasteiger partial charge on any atom is 0.0994 e. The molecule has 2 heteroatoms. The summed E-state index contributed by atoms with van der Waals surface area (Å²) in [4.78, 5) is 5.61. The third-order valence-corrected chi connectivity index (χ3v) is 7.46. The summed E-state index contributed by atoms with van der Waals surface area (Å²) in [5, 5.41) is 0. The predicted octanol–water partition coefficient (Wildman–Crippen LogP) is 8.33. The molecule has 1 fully saturated rings. The van der Waals surface area contributed by atoms with Crippen LogP contribution in [0.5, 0.6) is 0 Å². The van der Waals surface area contributed by atoms with E-state index in [-0.39, 0.29) is 0 Å². The summed E-state index contributed by atoms with van der Waals surface area (Å²) in [7, 11) is 0. The Labute approximate surface area is 198 Å². The first kappa shape index (κ1) is 24.7. The van der Waals surface area contributed by atoms with E-state index in [2.05, 4.69) is 96.4 Å². The first-order chi connectivity index (χ1) is 15.2. The van der Waals surface area contributed by atoms with Crippen molar-refractivity contribution in [3.05, 3.63) is 57.6 Å². The van der Waals surface area contributed by atoms with Gasteiger partial charge in [0.2, 0.25) is 0 Å². The fourth-order valence-electron chi connectivity index (χ4n) is 6.41. The van der Waals surface area contributed by atoms with Crippen LogP contribution in [-0.2, 0) is 0 Å². The van der Waals surface area contributed by atoms with Crippen molar-refractivity contribution >= 4 is 11.4 Å². The van der Waals surface area contributed by atoms with Crippen LogP contribution in [-0.4, -0.2) is 18.2 Å². The molecule has 0 radical (unpaired) electrons. The van der Waals surface area contributed by atoms with Gasteiger partial charge in [0.25, 0.3) is 0 Å². The molecule has 32 heavy (non-hydrogen) atoms. The Kier molecular flexibility index (Phi) is 7.96. The number of unbranched alkanes of at least 4 members (excludes halogenated alkanes) is 2. The van der Waals surface area contributed by atoms with Gasteiger partial charge >= 0.3 is 0 Å². The van der Waals surface area contributed by atoms with E-state index in [0.717, 1.165) is 0 Å². The highest BCUT2D eigenvalue weighted by Crippen LogP contribution is 2.44. The number of aryl methyl sites for hydroxylation is 6. The van der Waals surface area contributed by atoms with Crippen LogP contribution in [0.2, 0.25) is 0 Å². The van der Waals surface area contributed by atoms with E-state index in [1.165, 1.54) is 83.3 Å². The van der Waals surface area contributed by atoms with Crippen LogP contribution >= 0.6 is 0 Å². The van der Waals surface area contributed by atoms with Gasteiger partial charge in [-0.3, -0.25) is 0 Å². The molecular weight excluding hydrogens is 388 g/mol. The third-order valence-electron chi connectivity index (χ3n) is 7.46. The standard InChI is InChI=1S/C30H46N2/c1-10-12-14-27-28(15-13-11-2)32(30-24(7)18-21(4)19-25(30)8)26(9)31(27)29-22(5)16-20(3)17-23(29)6/h16-19,26-28H,10-15H2,1-9H3. The maximum absolute atomic E-state index is 2.80. The van der Waals surface area contributed by atoms with Gasteiger partial charge in [-0.15, -0.1) is 0 Å². The Morgan fingerprint density at radius 3 is 1.19 bits per heavy atom. The molecule has 0 aliphatic carbocycles. The number of nitrogens with zero attached hydrogens (tertiary/aromatic N) is 2. The molecule has 0 amide bonds. The van der Waals surface area contributed by atoms with E-state index in [4.69, 9.17) is 0 Å². The van der Waals surface area contributed by atoms with Crippen LogP contribution in [0, 0.1) is 41.5 Å². The smallest absolute Gasteiger partial charge is 0.0994 e. The Bertz CT molecular complexity index is 807. The van der Waals surface area contributed by atoms with Gasteiger partial charge in [0.1, 0.15) is 0 Å². The molecule has 0 spiro atoms. The second-order valence-electron chi connectivity index (χ2n) is 10.4. The van der Waals surface area contributed by atoms with Gasteiger partial charge in [-0.2, -0.15) is 0 Å². The first-order valence-electron chi connectivity index (χ1n) is 12.9. The maximum atomic E-state index is 2.80. The van der Waals surface area contributed by atoms with Crippen LogP contribution in [0.3, 0.4) is 0 Å². The first-order valence-corrected chi connectivity index (χ1v) is 12.9. The lowest BCUT2D eigenvalue weighted by atomic mass is 9.94.